The lowest BCUT2D eigenvalue weighted by molar-refractivity contribution is -0.137. The van der Waals surface area contributed by atoms with E-state index in [9.17, 15) is 27.6 Å². The first kappa shape index (κ1) is 24.7. The van der Waals surface area contributed by atoms with Crippen molar-refractivity contribution >= 4 is 63.8 Å². The fraction of sp³-hybridized carbons (Fsp3) is 0.346. The molecule has 5 nitrogen and oxygen atoms in total. The quantitative estimate of drug-likeness (QED) is 0.346. The number of H-pyrrole nitrogens is 1. The number of para-hydroxylation sites is 1. The van der Waals surface area contributed by atoms with Crippen LogP contribution in [0.4, 0.5) is 18.9 Å². The monoisotopic (exact) mass is 596 g/mol. The molecule has 3 heterocycles. The van der Waals surface area contributed by atoms with Crippen molar-refractivity contribution in [2.24, 2.45) is 29.6 Å². The van der Waals surface area contributed by atoms with Crippen molar-refractivity contribution in [3.63, 3.8) is 0 Å². The SMILES string of the molecule is O=C1C2C(C(=O)N1c1ccccc1C(F)(F)F)[C@@H]1C[C@H]2C2Sc3[nH]c(=O)sc3C(c3cccc(Cl)c3Cl)C21. The number of nitrogens with zero attached hydrogens (tertiary/aromatic N) is 1. The summed E-state index contributed by atoms with van der Waals surface area (Å²) >= 11 is 15.6. The predicted octanol–water partition coefficient (Wildman–Crippen LogP) is 6.44. The van der Waals surface area contributed by atoms with Crippen LogP contribution in [0.3, 0.4) is 0 Å². The van der Waals surface area contributed by atoms with Gasteiger partial charge in [0.15, 0.2) is 0 Å². The van der Waals surface area contributed by atoms with Gasteiger partial charge >= 0.3 is 11.0 Å². The molecule has 1 aromatic heterocycles. The highest BCUT2D eigenvalue weighted by atomic mass is 35.5. The van der Waals surface area contributed by atoms with Crippen molar-refractivity contribution in [1.29, 1.82) is 0 Å². The Morgan fingerprint density at radius 1 is 0.947 bits per heavy atom. The van der Waals surface area contributed by atoms with E-state index < -0.39 is 41.1 Å². The highest BCUT2D eigenvalue weighted by Gasteiger charge is 2.70. The number of carbonyl (C=O) groups excluding carboxylic acids is 2. The minimum absolute atomic E-state index is 0.117. The van der Waals surface area contributed by atoms with Gasteiger partial charge in [0, 0.05) is 16.0 Å². The normalized spacial score (nSPS) is 31.5. The summed E-state index contributed by atoms with van der Waals surface area (Å²) in [6.07, 6.45) is -4.11. The number of thioether (sulfide) groups is 1. The summed E-state index contributed by atoms with van der Waals surface area (Å²) in [5, 5.41) is 1.33. The molecular formula is C26H17Cl2F3N2O3S2. The second-order valence-electron chi connectivity index (χ2n) is 10.1. The largest absolute Gasteiger partial charge is 0.418 e. The maximum atomic E-state index is 13.8. The molecule has 38 heavy (non-hydrogen) atoms. The number of nitrogens with one attached hydrogen (secondary N) is 1. The van der Waals surface area contributed by atoms with E-state index >= 15 is 0 Å². The van der Waals surface area contributed by atoms with E-state index in [0.717, 1.165) is 32.7 Å². The van der Waals surface area contributed by atoms with Gasteiger partial charge in [0.2, 0.25) is 11.8 Å². The van der Waals surface area contributed by atoms with Gasteiger partial charge in [-0.2, -0.15) is 13.2 Å². The number of alkyl halides is 3. The third kappa shape index (κ3) is 3.29. The Hall–Kier alpha value is -2.27. The zero-order chi connectivity index (χ0) is 26.7. The van der Waals surface area contributed by atoms with E-state index in [1.807, 2.05) is 6.07 Å². The molecule has 3 fully saturated rings. The van der Waals surface area contributed by atoms with Crippen LogP contribution in [0.25, 0.3) is 0 Å². The molecule has 3 aromatic rings. The number of hydrogen-bond acceptors (Lipinski definition) is 5. The van der Waals surface area contributed by atoms with Gasteiger partial charge in [-0.3, -0.25) is 14.4 Å². The van der Waals surface area contributed by atoms with Gasteiger partial charge in [-0.15, -0.1) is 11.8 Å². The van der Waals surface area contributed by atoms with E-state index in [4.69, 9.17) is 23.2 Å². The van der Waals surface area contributed by atoms with Gasteiger partial charge in [-0.25, -0.2) is 4.90 Å². The number of rotatable bonds is 2. The standard InChI is InChI=1S/C26H17Cl2F3N2O3S2/c27-13-6-3-4-9(19(13)28)15-16-10-8-11(20(16)37-22-21(15)38-25(36)32-22)18-17(10)23(34)33(24(18)35)14-7-2-1-5-12(14)26(29,30)31/h1-7,10-11,15-18,20H,8H2,(H,32,36)/t10-,11-,15?,16?,17?,18?,20?/m1/s1. The Morgan fingerprint density at radius 3 is 2.39 bits per heavy atom. The van der Waals surface area contributed by atoms with Crippen molar-refractivity contribution in [3.8, 4) is 0 Å². The van der Waals surface area contributed by atoms with Crippen molar-refractivity contribution in [2.45, 2.75) is 28.8 Å². The highest BCUT2D eigenvalue weighted by molar-refractivity contribution is 8.00. The van der Waals surface area contributed by atoms with Crippen molar-refractivity contribution in [2.75, 3.05) is 4.90 Å². The number of hydrogen-bond donors (Lipinski definition) is 1. The Balaban J connectivity index is 1.34. The zero-order valence-electron chi connectivity index (χ0n) is 19.2. The molecule has 1 N–H and O–H groups in total. The molecule has 2 aliphatic heterocycles. The first-order chi connectivity index (χ1) is 18.1. The molecule has 2 aromatic carbocycles. The molecular weight excluding hydrogens is 580 g/mol. The van der Waals surface area contributed by atoms with Crippen LogP contribution in [0.2, 0.25) is 10.0 Å². The molecule has 2 amide bonds. The summed E-state index contributed by atoms with van der Waals surface area (Å²) in [6.45, 7) is 0. The molecule has 12 heteroatoms. The summed E-state index contributed by atoms with van der Waals surface area (Å²) in [6, 6.07) is 10.0. The van der Waals surface area contributed by atoms with Crippen molar-refractivity contribution in [3.05, 3.63) is 78.2 Å². The third-order valence-corrected chi connectivity index (χ3v) is 11.9. The van der Waals surface area contributed by atoms with Crippen LogP contribution >= 0.6 is 46.3 Å². The second-order valence-corrected chi connectivity index (χ2v) is 13.1. The Bertz CT molecular complexity index is 1590. The first-order valence-electron chi connectivity index (χ1n) is 12.0. The third-order valence-electron chi connectivity index (χ3n) is 8.49. The summed E-state index contributed by atoms with van der Waals surface area (Å²) in [5.41, 5.74) is -0.687. The first-order valence-corrected chi connectivity index (χ1v) is 14.4. The van der Waals surface area contributed by atoms with Crippen molar-refractivity contribution < 1.29 is 22.8 Å². The van der Waals surface area contributed by atoms with Gasteiger partial charge in [0.25, 0.3) is 0 Å². The van der Waals surface area contributed by atoms with Crippen LogP contribution in [0, 0.1) is 29.6 Å². The smallest absolute Gasteiger partial charge is 0.307 e. The number of fused-ring (bicyclic) bond motifs is 9. The number of thiazole rings is 1. The van der Waals surface area contributed by atoms with Gasteiger partial charge < -0.3 is 4.98 Å². The van der Waals surface area contributed by atoms with Crippen LogP contribution in [0.5, 0.6) is 0 Å². The minimum Gasteiger partial charge on any atom is -0.307 e. The average Bonchev–Trinajstić information content (AvgIpc) is 3.59. The maximum absolute atomic E-state index is 13.8. The molecule has 2 aliphatic carbocycles. The summed E-state index contributed by atoms with van der Waals surface area (Å²) in [5.74, 6) is -3.55. The lowest BCUT2D eigenvalue weighted by Crippen LogP contribution is -2.42. The molecule has 0 radical (unpaired) electrons. The van der Waals surface area contributed by atoms with Gasteiger partial charge in [-0.1, -0.05) is 58.8 Å². The highest BCUT2D eigenvalue weighted by Crippen LogP contribution is 2.69. The van der Waals surface area contributed by atoms with E-state index in [1.54, 1.807) is 12.1 Å². The fourth-order valence-electron chi connectivity index (χ4n) is 7.27. The van der Waals surface area contributed by atoms with E-state index in [2.05, 4.69) is 4.98 Å². The average molecular weight is 597 g/mol. The van der Waals surface area contributed by atoms with Gasteiger partial charge in [0.1, 0.15) is 0 Å². The van der Waals surface area contributed by atoms with Crippen molar-refractivity contribution in [1.82, 2.24) is 4.98 Å². The zero-order valence-corrected chi connectivity index (χ0v) is 22.3. The van der Waals surface area contributed by atoms with Gasteiger partial charge in [0.05, 0.1) is 38.2 Å². The lowest BCUT2D eigenvalue weighted by Gasteiger charge is -2.43. The number of anilines is 1. The molecule has 196 valence electrons. The fourth-order valence-corrected chi connectivity index (χ4v) is 10.6. The summed E-state index contributed by atoms with van der Waals surface area (Å²) in [7, 11) is 0. The Labute approximate surface area is 232 Å². The Kier molecular flexibility index (Phi) is 5.45. The number of benzene rings is 2. The van der Waals surface area contributed by atoms with E-state index in [0.29, 0.717) is 21.5 Å². The van der Waals surface area contributed by atoms with Crippen LogP contribution < -0.4 is 9.77 Å². The molecule has 0 spiro atoms. The maximum Gasteiger partial charge on any atom is 0.418 e. The second kappa shape index (κ2) is 8.36. The lowest BCUT2D eigenvalue weighted by atomic mass is 9.68. The molecule has 7 atom stereocenters. The molecule has 2 bridgehead atoms. The topological polar surface area (TPSA) is 70.2 Å². The van der Waals surface area contributed by atoms with Crippen LogP contribution in [0.1, 0.15) is 28.3 Å². The number of aromatic amines is 1. The minimum atomic E-state index is -4.72. The predicted molar refractivity (Wildman–Crippen MR) is 139 cm³/mol. The molecule has 7 rings (SSSR count). The van der Waals surface area contributed by atoms with Gasteiger partial charge in [-0.05, 0) is 47.9 Å². The molecule has 1 saturated heterocycles. The van der Waals surface area contributed by atoms with E-state index in [-0.39, 0.29) is 33.8 Å². The Morgan fingerprint density at radius 2 is 1.66 bits per heavy atom. The number of halogens is 5. The summed E-state index contributed by atoms with van der Waals surface area (Å²) in [4.78, 5) is 44.1. The number of amides is 2. The summed E-state index contributed by atoms with van der Waals surface area (Å²) < 4.78 is 41.4. The van der Waals surface area contributed by atoms with E-state index in [1.165, 1.54) is 30.0 Å². The number of aromatic nitrogens is 1. The van der Waals surface area contributed by atoms with Crippen LogP contribution in [-0.4, -0.2) is 22.0 Å². The molecule has 5 unspecified atom stereocenters. The van der Waals surface area contributed by atoms with Crippen LogP contribution in [-0.2, 0) is 15.8 Å². The molecule has 4 aliphatic rings. The number of imide groups is 1. The molecule has 2 saturated carbocycles. The number of carbonyl (C=O) groups is 2. The van der Waals surface area contributed by atoms with Crippen LogP contribution in [0.15, 0.2) is 52.3 Å².